The molecular weight excluding hydrogens is 164 g/mol. The maximum atomic E-state index is 5.53. The highest BCUT2D eigenvalue weighted by atomic mass is 16.7. The van der Waals surface area contributed by atoms with Gasteiger partial charge in [-0.1, -0.05) is 13.2 Å². The van der Waals surface area contributed by atoms with E-state index in [0.717, 1.165) is 24.0 Å². The highest BCUT2D eigenvalue weighted by molar-refractivity contribution is 5.43. The van der Waals surface area contributed by atoms with E-state index in [9.17, 15) is 0 Å². The first-order valence-electron chi connectivity index (χ1n) is 4.65. The highest BCUT2D eigenvalue weighted by Crippen LogP contribution is 2.58. The molecule has 0 saturated heterocycles. The summed E-state index contributed by atoms with van der Waals surface area (Å²) in [6.45, 7) is 8.10. The molecule has 0 heterocycles. The standard InChI is InChI=1S/C11H16O2/c1-7-8(2)10-6-5-9(7)11(10,12-3)13-4/h9-10H,1-2,5-6H2,3-4H3. The van der Waals surface area contributed by atoms with Crippen LogP contribution in [0.1, 0.15) is 12.8 Å². The van der Waals surface area contributed by atoms with Gasteiger partial charge in [0, 0.05) is 26.1 Å². The SMILES string of the molecule is C=C1C(=C)C2CCC1C2(OC)OC. The Balaban J connectivity index is 2.43. The molecule has 2 rings (SSSR count). The summed E-state index contributed by atoms with van der Waals surface area (Å²) in [6, 6.07) is 0. The molecule has 0 aromatic rings. The lowest BCUT2D eigenvalue weighted by Crippen LogP contribution is -2.39. The van der Waals surface area contributed by atoms with Crippen LogP contribution in [0.4, 0.5) is 0 Å². The molecule has 13 heavy (non-hydrogen) atoms. The van der Waals surface area contributed by atoms with Crippen LogP contribution in [-0.2, 0) is 9.47 Å². The number of methoxy groups -OCH3 is 2. The number of hydrogen-bond donors (Lipinski definition) is 0. The van der Waals surface area contributed by atoms with Crippen LogP contribution in [0.5, 0.6) is 0 Å². The fourth-order valence-corrected chi connectivity index (χ4v) is 2.91. The Kier molecular flexibility index (Phi) is 1.86. The minimum absolute atomic E-state index is 0.319. The Labute approximate surface area is 79.2 Å². The fraction of sp³-hybridized carbons (Fsp3) is 0.636. The van der Waals surface area contributed by atoms with E-state index in [1.54, 1.807) is 14.2 Å². The van der Waals surface area contributed by atoms with Gasteiger partial charge in [0.1, 0.15) is 0 Å². The molecule has 2 heteroatoms. The Morgan fingerprint density at radius 2 is 1.46 bits per heavy atom. The average molecular weight is 180 g/mol. The molecule has 2 bridgehead atoms. The topological polar surface area (TPSA) is 18.5 Å². The van der Waals surface area contributed by atoms with Crippen molar-refractivity contribution in [2.24, 2.45) is 11.8 Å². The monoisotopic (exact) mass is 180 g/mol. The van der Waals surface area contributed by atoms with Crippen molar-refractivity contribution in [3.8, 4) is 0 Å². The van der Waals surface area contributed by atoms with Crippen molar-refractivity contribution in [1.82, 2.24) is 0 Å². The van der Waals surface area contributed by atoms with Gasteiger partial charge in [0.05, 0.1) is 0 Å². The van der Waals surface area contributed by atoms with Crippen molar-refractivity contribution in [1.29, 1.82) is 0 Å². The molecule has 0 radical (unpaired) electrons. The number of ether oxygens (including phenoxy) is 2. The molecule has 2 unspecified atom stereocenters. The van der Waals surface area contributed by atoms with E-state index < -0.39 is 5.79 Å². The minimum atomic E-state index is -0.450. The van der Waals surface area contributed by atoms with Gasteiger partial charge in [0.2, 0.25) is 0 Å². The molecule has 0 spiro atoms. The van der Waals surface area contributed by atoms with Crippen LogP contribution in [0.2, 0.25) is 0 Å². The Morgan fingerprint density at radius 1 is 1.08 bits per heavy atom. The van der Waals surface area contributed by atoms with Gasteiger partial charge in [-0.2, -0.15) is 0 Å². The molecule has 2 fully saturated rings. The molecule has 2 aliphatic carbocycles. The van der Waals surface area contributed by atoms with Crippen LogP contribution in [0.25, 0.3) is 0 Å². The van der Waals surface area contributed by atoms with Crippen LogP contribution in [-0.4, -0.2) is 20.0 Å². The van der Waals surface area contributed by atoms with E-state index in [2.05, 4.69) is 13.2 Å². The van der Waals surface area contributed by atoms with Gasteiger partial charge in [-0.3, -0.25) is 0 Å². The van der Waals surface area contributed by atoms with Crippen molar-refractivity contribution >= 4 is 0 Å². The molecule has 0 aromatic heterocycles. The first-order valence-corrected chi connectivity index (χ1v) is 4.65. The maximum Gasteiger partial charge on any atom is 0.181 e. The van der Waals surface area contributed by atoms with Gasteiger partial charge in [-0.15, -0.1) is 0 Å². The Bertz CT molecular complexity index is 239. The van der Waals surface area contributed by atoms with Gasteiger partial charge < -0.3 is 9.47 Å². The van der Waals surface area contributed by atoms with E-state index in [1.807, 2.05) is 0 Å². The zero-order chi connectivity index (χ0) is 9.64. The molecule has 0 N–H and O–H groups in total. The summed E-state index contributed by atoms with van der Waals surface area (Å²) >= 11 is 0. The van der Waals surface area contributed by atoms with Gasteiger partial charge in [-0.05, 0) is 24.0 Å². The molecule has 0 aromatic carbocycles. The first kappa shape index (κ1) is 8.97. The number of rotatable bonds is 2. The molecule has 72 valence electrons. The molecule has 2 atom stereocenters. The zero-order valence-electron chi connectivity index (χ0n) is 8.30. The molecule has 0 amide bonds. The summed E-state index contributed by atoms with van der Waals surface area (Å²) in [5, 5.41) is 0. The summed E-state index contributed by atoms with van der Waals surface area (Å²) in [5.41, 5.74) is 2.25. The van der Waals surface area contributed by atoms with Crippen molar-refractivity contribution in [3.05, 3.63) is 24.3 Å². The normalized spacial score (nSPS) is 35.8. The summed E-state index contributed by atoms with van der Waals surface area (Å²) in [7, 11) is 3.42. The highest BCUT2D eigenvalue weighted by Gasteiger charge is 2.59. The van der Waals surface area contributed by atoms with Crippen LogP contribution in [0, 0.1) is 11.8 Å². The van der Waals surface area contributed by atoms with Gasteiger partial charge in [-0.25, -0.2) is 0 Å². The van der Waals surface area contributed by atoms with Gasteiger partial charge in [0.15, 0.2) is 5.79 Å². The van der Waals surface area contributed by atoms with Crippen molar-refractivity contribution in [2.45, 2.75) is 18.6 Å². The van der Waals surface area contributed by atoms with Gasteiger partial charge in [0.25, 0.3) is 0 Å². The van der Waals surface area contributed by atoms with E-state index in [4.69, 9.17) is 9.47 Å². The lowest BCUT2D eigenvalue weighted by Gasteiger charge is -2.30. The predicted octanol–water partition coefficient (Wildman–Crippen LogP) is 2.13. The summed E-state index contributed by atoms with van der Waals surface area (Å²) in [5.74, 6) is 0.189. The summed E-state index contributed by atoms with van der Waals surface area (Å²) in [4.78, 5) is 0. The average Bonchev–Trinajstić information content (AvgIpc) is 2.61. The second-order valence-corrected chi connectivity index (χ2v) is 3.86. The molecule has 2 saturated carbocycles. The molecule has 2 nitrogen and oxygen atoms in total. The molecule has 0 aliphatic heterocycles. The molecular formula is C11H16O2. The largest absolute Gasteiger partial charge is 0.352 e. The third kappa shape index (κ3) is 0.851. The maximum absolute atomic E-state index is 5.53. The van der Waals surface area contributed by atoms with Crippen molar-refractivity contribution in [3.63, 3.8) is 0 Å². The van der Waals surface area contributed by atoms with Crippen molar-refractivity contribution in [2.75, 3.05) is 14.2 Å². The van der Waals surface area contributed by atoms with E-state index in [1.165, 1.54) is 0 Å². The van der Waals surface area contributed by atoms with E-state index >= 15 is 0 Å². The summed E-state index contributed by atoms with van der Waals surface area (Å²) in [6.07, 6.45) is 2.23. The second kappa shape index (κ2) is 2.69. The fourth-order valence-electron chi connectivity index (χ4n) is 2.91. The molecule has 2 aliphatic rings. The van der Waals surface area contributed by atoms with E-state index in [-0.39, 0.29) is 0 Å². The van der Waals surface area contributed by atoms with Crippen molar-refractivity contribution < 1.29 is 9.47 Å². The second-order valence-electron chi connectivity index (χ2n) is 3.86. The van der Waals surface area contributed by atoms with Crippen LogP contribution in [0.3, 0.4) is 0 Å². The Morgan fingerprint density at radius 3 is 1.69 bits per heavy atom. The van der Waals surface area contributed by atoms with Crippen LogP contribution >= 0.6 is 0 Å². The van der Waals surface area contributed by atoms with Gasteiger partial charge >= 0.3 is 0 Å². The Hall–Kier alpha value is -0.600. The number of hydrogen-bond acceptors (Lipinski definition) is 2. The lowest BCUT2D eigenvalue weighted by atomic mass is 9.92. The first-order chi connectivity index (χ1) is 6.17. The predicted molar refractivity (Wildman–Crippen MR) is 51.2 cm³/mol. The van der Waals surface area contributed by atoms with Crippen LogP contribution in [0.15, 0.2) is 24.3 Å². The minimum Gasteiger partial charge on any atom is -0.352 e. The third-order valence-electron chi connectivity index (χ3n) is 3.61. The zero-order valence-corrected chi connectivity index (χ0v) is 8.30. The quantitative estimate of drug-likeness (QED) is 0.606. The van der Waals surface area contributed by atoms with Crippen LogP contribution < -0.4 is 0 Å². The third-order valence-corrected chi connectivity index (χ3v) is 3.61. The lowest BCUT2D eigenvalue weighted by molar-refractivity contribution is -0.228. The number of fused-ring (bicyclic) bond motifs is 2. The van der Waals surface area contributed by atoms with E-state index in [0.29, 0.717) is 11.8 Å². The summed E-state index contributed by atoms with van der Waals surface area (Å²) < 4.78 is 11.1. The smallest absolute Gasteiger partial charge is 0.181 e.